The zero-order valence-corrected chi connectivity index (χ0v) is 8.85. The Morgan fingerprint density at radius 1 is 1.27 bits per heavy atom. The van der Waals surface area contributed by atoms with Gasteiger partial charge in [-0.15, -0.1) is 0 Å². The average molecular weight is 201 g/mol. The van der Waals surface area contributed by atoms with Gasteiger partial charge in [0.2, 0.25) is 0 Å². The van der Waals surface area contributed by atoms with Crippen molar-refractivity contribution in [3.05, 3.63) is 53.6 Å². The van der Waals surface area contributed by atoms with Crippen LogP contribution in [0.5, 0.6) is 0 Å². The van der Waals surface area contributed by atoms with Gasteiger partial charge < -0.3 is 5.84 Å². The second-order valence-electron chi connectivity index (χ2n) is 3.57. The molecular formula is C12H15N3. The van der Waals surface area contributed by atoms with Crippen molar-refractivity contribution < 1.29 is 0 Å². The number of aryl methyl sites for hydroxylation is 1. The molecule has 0 aliphatic carbocycles. The van der Waals surface area contributed by atoms with Gasteiger partial charge in [0.15, 0.2) is 0 Å². The Morgan fingerprint density at radius 3 is 2.60 bits per heavy atom. The summed E-state index contributed by atoms with van der Waals surface area (Å²) < 4.78 is 1.61. The molecule has 0 radical (unpaired) electrons. The third-order valence-corrected chi connectivity index (χ3v) is 2.40. The molecule has 3 heteroatoms. The molecule has 0 aliphatic heterocycles. The number of benzene rings is 1. The molecule has 0 bridgehead atoms. The Kier molecular flexibility index (Phi) is 2.72. The van der Waals surface area contributed by atoms with E-state index in [0.717, 1.165) is 24.4 Å². The van der Waals surface area contributed by atoms with Crippen LogP contribution in [0.25, 0.3) is 0 Å². The van der Waals surface area contributed by atoms with Crippen LogP contribution in [0.4, 0.5) is 0 Å². The number of hydrogen-bond acceptors (Lipinski definition) is 2. The number of nitrogens with two attached hydrogens (primary N) is 1. The van der Waals surface area contributed by atoms with Crippen molar-refractivity contribution >= 4 is 0 Å². The largest absolute Gasteiger partial charge is 0.338 e. The first-order valence-electron chi connectivity index (χ1n) is 5.15. The molecule has 0 saturated heterocycles. The summed E-state index contributed by atoms with van der Waals surface area (Å²) in [5, 5.41) is 0. The van der Waals surface area contributed by atoms with Gasteiger partial charge in [0.1, 0.15) is 5.82 Å². The van der Waals surface area contributed by atoms with Gasteiger partial charge in [-0.25, -0.2) is 4.98 Å². The SMILES string of the molecule is CCc1nc(Cc2ccccc2)cn1N. The summed E-state index contributed by atoms with van der Waals surface area (Å²) in [4.78, 5) is 4.46. The van der Waals surface area contributed by atoms with Gasteiger partial charge in [0, 0.05) is 19.0 Å². The van der Waals surface area contributed by atoms with E-state index in [2.05, 4.69) is 24.0 Å². The fourth-order valence-electron chi connectivity index (χ4n) is 1.64. The summed E-state index contributed by atoms with van der Waals surface area (Å²) in [6, 6.07) is 10.3. The molecule has 1 aromatic heterocycles. The van der Waals surface area contributed by atoms with E-state index < -0.39 is 0 Å². The minimum absolute atomic E-state index is 0.845. The zero-order valence-electron chi connectivity index (χ0n) is 8.85. The number of nitrogens with zero attached hydrogens (tertiary/aromatic N) is 2. The minimum Gasteiger partial charge on any atom is -0.338 e. The van der Waals surface area contributed by atoms with Crippen LogP contribution in [0, 0.1) is 0 Å². The van der Waals surface area contributed by atoms with Crippen LogP contribution in [0.15, 0.2) is 36.5 Å². The molecule has 2 N–H and O–H groups in total. The van der Waals surface area contributed by atoms with Crippen molar-refractivity contribution in [2.45, 2.75) is 19.8 Å². The Balaban J connectivity index is 2.18. The summed E-state index contributed by atoms with van der Waals surface area (Å²) in [5.74, 6) is 6.69. The van der Waals surface area contributed by atoms with Crippen molar-refractivity contribution in [1.82, 2.24) is 9.66 Å². The Morgan fingerprint density at radius 2 is 2.00 bits per heavy atom. The summed E-state index contributed by atoms with van der Waals surface area (Å²) in [5.41, 5.74) is 2.29. The minimum atomic E-state index is 0.845. The molecule has 0 aliphatic rings. The van der Waals surface area contributed by atoms with E-state index in [9.17, 15) is 0 Å². The zero-order chi connectivity index (χ0) is 10.7. The highest BCUT2D eigenvalue weighted by Gasteiger charge is 2.04. The van der Waals surface area contributed by atoms with E-state index in [4.69, 9.17) is 5.84 Å². The molecule has 0 atom stereocenters. The predicted molar refractivity (Wildman–Crippen MR) is 61.0 cm³/mol. The molecule has 0 unspecified atom stereocenters. The highest BCUT2D eigenvalue weighted by atomic mass is 15.3. The summed E-state index contributed by atoms with van der Waals surface area (Å²) in [7, 11) is 0. The molecule has 0 saturated carbocycles. The number of rotatable bonds is 3. The number of imidazole rings is 1. The first kappa shape index (κ1) is 9.77. The average Bonchev–Trinajstić information content (AvgIpc) is 2.60. The third kappa shape index (κ3) is 2.18. The maximum atomic E-state index is 5.76. The Bertz CT molecular complexity index is 431. The molecule has 15 heavy (non-hydrogen) atoms. The third-order valence-electron chi connectivity index (χ3n) is 2.40. The lowest BCUT2D eigenvalue weighted by Crippen LogP contribution is -2.10. The van der Waals surface area contributed by atoms with Crippen molar-refractivity contribution in [2.24, 2.45) is 0 Å². The summed E-state index contributed by atoms with van der Waals surface area (Å²) >= 11 is 0. The van der Waals surface area contributed by atoms with Crippen molar-refractivity contribution in [2.75, 3.05) is 5.84 Å². The second kappa shape index (κ2) is 4.17. The molecule has 0 amide bonds. The van der Waals surface area contributed by atoms with Crippen LogP contribution in [0.2, 0.25) is 0 Å². The lowest BCUT2D eigenvalue weighted by molar-refractivity contribution is 0.857. The predicted octanol–water partition coefficient (Wildman–Crippen LogP) is 1.75. The Labute approximate surface area is 89.5 Å². The van der Waals surface area contributed by atoms with Crippen LogP contribution in [-0.2, 0) is 12.8 Å². The highest BCUT2D eigenvalue weighted by molar-refractivity contribution is 5.21. The maximum Gasteiger partial charge on any atom is 0.127 e. The van der Waals surface area contributed by atoms with Crippen LogP contribution in [-0.4, -0.2) is 9.66 Å². The molecule has 0 spiro atoms. The van der Waals surface area contributed by atoms with Crippen molar-refractivity contribution in [3.8, 4) is 0 Å². The molecular weight excluding hydrogens is 186 g/mol. The topological polar surface area (TPSA) is 43.8 Å². The monoisotopic (exact) mass is 201 g/mol. The van der Waals surface area contributed by atoms with Crippen LogP contribution >= 0.6 is 0 Å². The lowest BCUT2D eigenvalue weighted by Gasteiger charge is -1.95. The van der Waals surface area contributed by atoms with E-state index in [-0.39, 0.29) is 0 Å². The van der Waals surface area contributed by atoms with E-state index in [1.807, 2.05) is 24.4 Å². The summed E-state index contributed by atoms with van der Waals surface area (Å²) in [6.45, 7) is 2.05. The quantitative estimate of drug-likeness (QED) is 0.769. The van der Waals surface area contributed by atoms with Gasteiger partial charge >= 0.3 is 0 Å². The smallest absolute Gasteiger partial charge is 0.127 e. The maximum absolute atomic E-state index is 5.76. The van der Waals surface area contributed by atoms with Crippen molar-refractivity contribution in [3.63, 3.8) is 0 Å². The van der Waals surface area contributed by atoms with Gasteiger partial charge in [-0.3, -0.25) is 4.68 Å². The lowest BCUT2D eigenvalue weighted by atomic mass is 10.1. The normalized spacial score (nSPS) is 10.5. The highest BCUT2D eigenvalue weighted by Crippen LogP contribution is 2.08. The summed E-state index contributed by atoms with van der Waals surface area (Å²) in [6.07, 6.45) is 3.61. The van der Waals surface area contributed by atoms with Gasteiger partial charge in [-0.1, -0.05) is 37.3 Å². The Hall–Kier alpha value is -1.77. The molecule has 0 fully saturated rings. The first-order chi connectivity index (χ1) is 7.29. The van der Waals surface area contributed by atoms with Gasteiger partial charge in [-0.2, -0.15) is 0 Å². The fourth-order valence-corrected chi connectivity index (χ4v) is 1.64. The van der Waals surface area contributed by atoms with Gasteiger partial charge in [0.25, 0.3) is 0 Å². The van der Waals surface area contributed by atoms with Gasteiger partial charge in [-0.05, 0) is 5.56 Å². The van der Waals surface area contributed by atoms with Crippen LogP contribution in [0.3, 0.4) is 0 Å². The van der Waals surface area contributed by atoms with Crippen LogP contribution < -0.4 is 5.84 Å². The van der Waals surface area contributed by atoms with Crippen LogP contribution in [0.1, 0.15) is 24.0 Å². The van der Waals surface area contributed by atoms with E-state index >= 15 is 0 Å². The van der Waals surface area contributed by atoms with E-state index in [1.54, 1.807) is 4.68 Å². The standard InChI is InChI=1S/C12H15N3/c1-2-12-14-11(9-15(12)13)8-10-6-4-3-5-7-10/h3-7,9H,2,8,13H2,1H3. The second-order valence-corrected chi connectivity index (χ2v) is 3.57. The number of nitrogen functional groups attached to an aromatic ring is 1. The molecule has 3 nitrogen and oxygen atoms in total. The van der Waals surface area contributed by atoms with E-state index in [0.29, 0.717) is 0 Å². The molecule has 1 heterocycles. The molecule has 2 aromatic rings. The van der Waals surface area contributed by atoms with Gasteiger partial charge in [0.05, 0.1) is 5.69 Å². The molecule has 2 rings (SSSR count). The fraction of sp³-hybridized carbons (Fsp3) is 0.250. The van der Waals surface area contributed by atoms with Crippen molar-refractivity contribution in [1.29, 1.82) is 0 Å². The molecule has 78 valence electrons. The first-order valence-corrected chi connectivity index (χ1v) is 5.15. The number of aromatic nitrogens is 2. The number of hydrogen-bond donors (Lipinski definition) is 1. The van der Waals surface area contributed by atoms with E-state index in [1.165, 1.54) is 5.56 Å². The molecule has 1 aromatic carbocycles.